The molecule has 2 aromatic rings. The second-order valence-electron chi connectivity index (χ2n) is 4.71. The summed E-state index contributed by atoms with van der Waals surface area (Å²) in [5, 5.41) is 4.00. The van der Waals surface area contributed by atoms with E-state index in [0.717, 1.165) is 16.7 Å². The number of rotatable bonds is 6. The Labute approximate surface area is 137 Å². The quantitative estimate of drug-likeness (QED) is 0.798. The first-order chi connectivity index (χ1) is 9.94. The van der Waals surface area contributed by atoms with Gasteiger partial charge in [0.1, 0.15) is 0 Å². The molecule has 1 aromatic carbocycles. The van der Waals surface area contributed by atoms with Gasteiger partial charge in [-0.05, 0) is 68.9 Å². The van der Waals surface area contributed by atoms with Crippen molar-refractivity contribution >= 4 is 37.3 Å². The van der Waals surface area contributed by atoms with E-state index < -0.39 is 10.0 Å². The highest BCUT2D eigenvalue weighted by molar-refractivity contribution is 9.10. The highest BCUT2D eigenvalue weighted by Gasteiger charge is 2.19. The number of benzene rings is 1. The lowest BCUT2D eigenvalue weighted by Gasteiger charge is -2.12. The first-order valence-electron chi connectivity index (χ1n) is 6.44. The van der Waals surface area contributed by atoms with Gasteiger partial charge in [0.25, 0.3) is 0 Å². The first kappa shape index (κ1) is 16.6. The molecule has 114 valence electrons. The largest absolute Gasteiger partial charge is 0.326 e. The second-order valence-corrected chi connectivity index (χ2v) is 8.02. The van der Waals surface area contributed by atoms with Crippen molar-refractivity contribution in [1.29, 1.82) is 0 Å². The Morgan fingerprint density at radius 1 is 1.33 bits per heavy atom. The van der Waals surface area contributed by atoms with Crippen LogP contribution in [0, 0.1) is 6.92 Å². The summed E-state index contributed by atoms with van der Waals surface area (Å²) in [6.45, 7) is 2.54. The lowest BCUT2D eigenvalue weighted by molar-refractivity contribution is 0.581. The van der Waals surface area contributed by atoms with Crippen LogP contribution in [0.25, 0.3) is 0 Å². The monoisotopic (exact) mass is 388 g/mol. The number of nitrogens with two attached hydrogens (primary N) is 1. The molecule has 0 atom stereocenters. The van der Waals surface area contributed by atoms with E-state index in [1.807, 2.05) is 29.8 Å². The Balaban J connectivity index is 2.17. The van der Waals surface area contributed by atoms with Gasteiger partial charge in [0.05, 0.1) is 4.90 Å². The van der Waals surface area contributed by atoms with Crippen molar-refractivity contribution in [2.45, 2.75) is 24.8 Å². The summed E-state index contributed by atoms with van der Waals surface area (Å²) in [6.07, 6.45) is 0.676. The maximum Gasteiger partial charge on any atom is 0.241 e. The summed E-state index contributed by atoms with van der Waals surface area (Å²) in [4.78, 5) is 0.244. The van der Waals surface area contributed by atoms with Crippen LogP contribution < -0.4 is 10.5 Å². The Bertz CT molecular complexity index is 713. The fourth-order valence-electron chi connectivity index (χ4n) is 1.96. The molecular formula is C14H17BrN2O2S2. The normalized spacial score (nSPS) is 11.8. The second kappa shape index (κ2) is 7.02. The van der Waals surface area contributed by atoms with Gasteiger partial charge in [-0.3, -0.25) is 0 Å². The van der Waals surface area contributed by atoms with Crippen LogP contribution >= 0.6 is 27.3 Å². The Morgan fingerprint density at radius 3 is 2.71 bits per heavy atom. The van der Waals surface area contributed by atoms with Gasteiger partial charge in [-0.2, -0.15) is 11.3 Å². The van der Waals surface area contributed by atoms with E-state index >= 15 is 0 Å². The van der Waals surface area contributed by atoms with E-state index in [2.05, 4.69) is 20.7 Å². The maximum absolute atomic E-state index is 12.4. The van der Waals surface area contributed by atoms with Crippen LogP contribution in [0.15, 0.2) is 38.3 Å². The number of halogens is 1. The van der Waals surface area contributed by atoms with Crippen LogP contribution in [0.5, 0.6) is 0 Å². The highest BCUT2D eigenvalue weighted by Crippen LogP contribution is 2.27. The number of sulfonamides is 1. The van der Waals surface area contributed by atoms with Gasteiger partial charge < -0.3 is 5.73 Å². The summed E-state index contributed by atoms with van der Waals surface area (Å²) < 4.78 is 28.1. The third-order valence-electron chi connectivity index (χ3n) is 3.09. The molecule has 0 aliphatic rings. The minimum Gasteiger partial charge on any atom is -0.326 e. The molecule has 4 nitrogen and oxygen atoms in total. The Kier molecular flexibility index (Phi) is 5.56. The number of hydrogen-bond acceptors (Lipinski definition) is 4. The molecule has 0 aliphatic carbocycles. The minimum absolute atomic E-state index is 0.244. The number of thiophene rings is 1. The molecule has 0 saturated heterocycles. The summed E-state index contributed by atoms with van der Waals surface area (Å²) in [5.41, 5.74) is 8.41. The van der Waals surface area contributed by atoms with Gasteiger partial charge in [-0.1, -0.05) is 6.07 Å². The van der Waals surface area contributed by atoms with E-state index in [4.69, 9.17) is 5.73 Å². The van der Waals surface area contributed by atoms with Gasteiger partial charge in [0.2, 0.25) is 10.0 Å². The van der Waals surface area contributed by atoms with Gasteiger partial charge in [-0.25, -0.2) is 13.1 Å². The number of aryl methyl sites for hydroxylation is 1. The molecule has 0 unspecified atom stereocenters. The lowest BCUT2D eigenvalue weighted by Crippen LogP contribution is -2.26. The molecule has 0 fully saturated rings. The van der Waals surface area contributed by atoms with E-state index in [1.165, 1.54) is 0 Å². The predicted octanol–water partition coefficient (Wildman–Crippen LogP) is 2.80. The molecule has 0 amide bonds. The molecule has 0 aliphatic heterocycles. The van der Waals surface area contributed by atoms with Crippen LogP contribution in [0.3, 0.4) is 0 Å². The Morgan fingerprint density at radius 2 is 2.10 bits per heavy atom. The molecule has 0 spiro atoms. The summed E-state index contributed by atoms with van der Waals surface area (Å²) in [7, 11) is -3.55. The molecule has 0 radical (unpaired) electrons. The maximum atomic E-state index is 12.4. The molecule has 0 bridgehead atoms. The van der Waals surface area contributed by atoms with Crippen molar-refractivity contribution < 1.29 is 8.42 Å². The molecule has 3 N–H and O–H groups in total. The lowest BCUT2D eigenvalue weighted by atomic mass is 10.1. The van der Waals surface area contributed by atoms with Gasteiger partial charge in [0, 0.05) is 17.6 Å². The third-order valence-corrected chi connectivity index (χ3v) is 6.62. The Hall–Kier alpha value is -0.730. The zero-order valence-corrected chi connectivity index (χ0v) is 14.8. The highest BCUT2D eigenvalue weighted by atomic mass is 79.9. The molecule has 0 saturated carbocycles. The summed E-state index contributed by atoms with van der Waals surface area (Å²) in [6, 6.07) is 5.49. The van der Waals surface area contributed by atoms with Crippen molar-refractivity contribution in [3.05, 3.63) is 50.1 Å². The van der Waals surface area contributed by atoms with Crippen LogP contribution in [0.4, 0.5) is 0 Å². The molecule has 2 rings (SSSR count). The van der Waals surface area contributed by atoms with E-state index in [1.54, 1.807) is 17.4 Å². The fraction of sp³-hybridized carbons (Fsp3) is 0.286. The fourth-order valence-corrected chi connectivity index (χ4v) is 4.77. The van der Waals surface area contributed by atoms with Gasteiger partial charge >= 0.3 is 0 Å². The number of hydrogen-bond donors (Lipinski definition) is 2. The average molecular weight is 389 g/mol. The molecule has 21 heavy (non-hydrogen) atoms. The average Bonchev–Trinajstić information content (AvgIpc) is 2.94. The third kappa shape index (κ3) is 4.14. The first-order valence-corrected chi connectivity index (χ1v) is 9.66. The SMILES string of the molecule is Cc1cc(CN)cc(S(=O)(=O)NCCc2ccsc2)c1Br. The zero-order chi connectivity index (χ0) is 15.5. The van der Waals surface area contributed by atoms with Crippen molar-refractivity contribution in [2.24, 2.45) is 5.73 Å². The van der Waals surface area contributed by atoms with Crippen molar-refractivity contribution in [2.75, 3.05) is 6.54 Å². The van der Waals surface area contributed by atoms with Crippen LogP contribution in [-0.4, -0.2) is 15.0 Å². The predicted molar refractivity (Wildman–Crippen MR) is 90.0 cm³/mol. The van der Waals surface area contributed by atoms with Gasteiger partial charge in [0.15, 0.2) is 0 Å². The van der Waals surface area contributed by atoms with E-state index in [9.17, 15) is 8.42 Å². The van der Waals surface area contributed by atoms with Crippen molar-refractivity contribution in [3.8, 4) is 0 Å². The minimum atomic E-state index is -3.55. The van der Waals surface area contributed by atoms with E-state index in [-0.39, 0.29) is 4.90 Å². The van der Waals surface area contributed by atoms with Gasteiger partial charge in [-0.15, -0.1) is 0 Å². The number of nitrogens with one attached hydrogen (secondary N) is 1. The smallest absolute Gasteiger partial charge is 0.241 e. The van der Waals surface area contributed by atoms with Crippen molar-refractivity contribution in [3.63, 3.8) is 0 Å². The topological polar surface area (TPSA) is 72.2 Å². The molecule has 1 heterocycles. The van der Waals surface area contributed by atoms with Crippen LogP contribution in [0.2, 0.25) is 0 Å². The molecule has 1 aromatic heterocycles. The van der Waals surface area contributed by atoms with Crippen LogP contribution in [0.1, 0.15) is 16.7 Å². The summed E-state index contributed by atoms with van der Waals surface area (Å²) in [5.74, 6) is 0. The standard InChI is InChI=1S/C14H17BrN2O2S2/c1-10-6-12(8-16)7-13(14(10)15)21(18,19)17-4-2-11-3-5-20-9-11/h3,5-7,9,17H,2,4,8,16H2,1H3. The zero-order valence-electron chi connectivity index (χ0n) is 11.6. The van der Waals surface area contributed by atoms with E-state index in [0.29, 0.717) is 24.0 Å². The van der Waals surface area contributed by atoms with Crippen LogP contribution in [-0.2, 0) is 23.0 Å². The summed E-state index contributed by atoms with van der Waals surface area (Å²) >= 11 is 4.96. The molecular weight excluding hydrogens is 372 g/mol. The van der Waals surface area contributed by atoms with Crippen molar-refractivity contribution in [1.82, 2.24) is 4.72 Å². The molecule has 7 heteroatoms.